The summed E-state index contributed by atoms with van der Waals surface area (Å²) in [6, 6.07) is 5.26. The van der Waals surface area contributed by atoms with Crippen molar-refractivity contribution in [3.8, 4) is 11.5 Å². The normalized spacial score (nSPS) is 15.9. The highest BCUT2D eigenvalue weighted by Crippen LogP contribution is 2.34. The van der Waals surface area contributed by atoms with Crippen LogP contribution < -0.4 is 14.6 Å². The third kappa shape index (κ3) is 4.48. The van der Waals surface area contributed by atoms with E-state index >= 15 is 0 Å². The zero-order valence-electron chi connectivity index (χ0n) is 13.2. The van der Waals surface area contributed by atoms with Gasteiger partial charge in [-0.05, 0) is 36.6 Å². The highest BCUT2D eigenvalue weighted by atomic mass is 32.2. The van der Waals surface area contributed by atoms with Crippen molar-refractivity contribution in [1.29, 1.82) is 0 Å². The number of carboxylic acid groups (broad SMARTS) is 1. The number of thiocarbonyl (C=S) groups is 1. The quantitative estimate of drug-likeness (QED) is 0.410. The van der Waals surface area contributed by atoms with E-state index in [1.54, 1.807) is 31.3 Å². The Balaban J connectivity index is 2.10. The monoisotopic (exact) mass is 366 g/mol. The number of thioether (sulfide) groups is 1. The third-order valence-electron chi connectivity index (χ3n) is 3.25. The van der Waals surface area contributed by atoms with Crippen molar-refractivity contribution >= 4 is 46.3 Å². The maximum atomic E-state index is 12.0. The number of carbonyl (C=O) groups is 2. The number of carbonyl (C=O) groups excluding carboxylic acids is 2. The number of rotatable bonds is 7. The molecule has 0 N–H and O–H groups in total. The number of nitrogens with zero attached hydrogens (tertiary/aromatic N) is 1. The van der Waals surface area contributed by atoms with Crippen LogP contribution in [0.1, 0.15) is 18.4 Å². The lowest BCUT2D eigenvalue weighted by Gasteiger charge is -2.11. The number of hydrogen-bond donors (Lipinski definition) is 0. The van der Waals surface area contributed by atoms with E-state index in [9.17, 15) is 14.7 Å². The second-order valence-electron chi connectivity index (χ2n) is 4.98. The molecule has 1 fully saturated rings. The molecule has 0 bridgehead atoms. The fraction of sp³-hybridized carbons (Fsp3) is 0.312. The van der Waals surface area contributed by atoms with E-state index in [4.69, 9.17) is 21.7 Å². The first-order valence-electron chi connectivity index (χ1n) is 7.14. The lowest BCUT2D eigenvalue weighted by Crippen LogP contribution is -2.22. The van der Waals surface area contributed by atoms with Crippen molar-refractivity contribution in [1.82, 2.24) is 4.90 Å². The fourth-order valence-electron chi connectivity index (χ4n) is 1.99. The summed E-state index contributed by atoms with van der Waals surface area (Å²) in [6.07, 6.45) is 2.04. The van der Waals surface area contributed by atoms with Crippen LogP contribution in [0.25, 0.3) is 6.08 Å². The van der Waals surface area contributed by atoms with Gasteiger partial charge in [0, 0.05) is 13.0 Å². The van der Waals surface area contributed by atoms with E-state index in [0.29, 0.717) is 27.1 Å². The van der Waals surface area contributed by atoms with Crippen LogP contribution in [0.4, 0.5) is 0 Å². The minimum absolute atomic E-state index is 0.0563. The minimum atomic E-state index is -1.10. The lowest BCUT2D eigenvalue weighted by atomic mass is 10.2. The molecule has 1 aromatic rings. The Bertz CT molecular complexity index is 702. The molecule has 1 aliphatic heterocycles. The minimum Gasteiger partial charge on any atom is -0.550 e. The largest absolute Gasteiger partial charge is 0.550 e. The van der Waals surface area contributed by atoms with Crippen molar-refractivity contribution in [2.24, 2.45) is 0 Å². The van der Waals surface area contributed by atoms with Crippen LogP contribution in [0, 0.1) is 0 Å². The number of methoxy groups -OCH3 is 1. The zero-order chi connectivity index (χ0) is 17.7. The molecule has 0 spiro atoms. The van der Waals surface area contributed by atoms with Gasteiger partial charge in [-0.25, -0.2) is 0 Å². The summed E-state index contributed by atoms with van der Waals surface area (Å²) in [5, 5.41) is 10.4. The molecular weight excluding hydrogens is 350 g/mol. The van der Waals surface area contributed by atoms with E-state index < -0.39 is 5.97 Å². The molecule has 1 saturated heterocycles. The van der Waals surface area contributed by atoms with Gasteiger partial charge in [0.25, 0.3) is 5.91 Å². The van der Waals surface area contributed by atoms with Gasteiger partial charge in [-0.2, -0.15) is 0 Å². The number of aliphatic carboxylic acids is 1. The van der Waals surface area contributed by atoms with E-state index in [0.717, 1.165) is 5.56 Å². The van der Waals surface area contributed by atoms with E-state index in [-0.39, 0.29) is 18.9 Å². The Morgan fingerprint density at radius 3 is 2.75 bits per heavy atom. The first-order valence-corrected chi connectivity index (χ1v) is 8.37. The maximum Gasteiger partial charge on any atom is 0.265 e. The summed E-state index contributed by atoms with van der Waals surface area (Å²) in [6.45, 7) is 0.248. The summed E-state index contributed by atoms with van der Waals surface area (Å²) < 4.78 is 11.3. The van der Waals surface area contributed by atoms with Gasteiger partial charge < -0.3 is 19.4 Å². The molecule has 1 heterocycles. The SMILES string of the molecule is COc1cc(/C=C2/SC(=S)N(C)C2=O)ccc1OCCCC(=O)[O-]. The lowest BCUT2D eigenvalue weighted by molar-refractivity contribution is -0.305. The maximum absolute atomic E-state index is 12.0. The molecule has 8 heteroatoms. The molecule has 0 atom stereocenters. The molecular formula is C16H16NO5S2-. The molecule has 128 valence electrons. The molecule has 0 saturated carbocycles. The van der Waals surface area contributed by atoms with Crippen LogP contribution in [0.5, 0.6) is 11.5 Å². The molecule has 0 radical (unpaired) electrons. The van der Waals surface area contributed by atoms with Gasteiger partial charge in [-0.15, -0.1) is 0 Å². The fourth-order valence-corrected chi connectivity index (χ4v) is 3.17. The van der Waals surface area contributed by atoms with Crippen LogP contribution >= 0.6 is 24.0 Å². The second-order valence-corrected chi connectivity index (χ2v) is 6.65. The van der Waals surface area contributed by atoms with Gasteiger partial charge in [0.05, 0.1) is 18.6 Å². The Morgan fingerprint density at radius 1 is 1.42 bits per heavy atom. The van der Waals surface area contributed by atoms with E-state index in [1.165, 1.54) is 23.8 Å². The molecule has 0 unspecified atom stereocenters. The summed E-state index contributed by atoms with van der Waals surface area (Å²) in [5.41, 5.74) is 0.780. The Hall–Kier alpha value is -2.06. The van der Waals surface area contributed by atoms with Gasteiger partial charge in [-0.1, -0.05) is 30.0 Å². The van der Waals surface area contributed by atoms with Crippen LogP contribution in [-0.4, -0.2) is 41.9 Å². The Morgan fingerprint density at radius 2 is 2.17 bits per heavy atom. The molecule has 24 heavy (non-hydrogen) atoms. The van der Waals surface area contributed by atoms with Crippen molar-refractivity contribution in [2.75, 3.05) is 20.8 Å². The van der Waals surface area contributed by atoms with Gasteiger partial charge >= 0.3 is 0 Å². The number of ether oxygens (including phenoxy) is 2. The van der Waals surface area contributed by atoms with Crippen molar-refractivity contribution in [3.63, 3.8) is 0 Å². The zero-order valence-corrected chi connectivity index (χ0v) is 14.9. The van der Waals surface area contributed by atoms with Gasteiger partial charge in [0.1, 0.15) is 4.32 Å². The third-order valence-corrected chi connectivity index (χ3v) is 4.74. The van der Waals surface area contributed by atoms with Gasteiger partial charge in [0.15, 0.2) is 11.5 Å². The molecule has 2 rings (SSSR count). The van der Waals surface area contributed by atoms with Crippen molar-refractivity contribution in [3.05, 3.63) is 28.7 Å². The number of benzene rings is 1. The molecule has 0 aromatic heterocycles. The predicted molar refractivity (Wildman–Crippen MR) is 93.7 cm³/mol. The summed E-state index contributed by atoms with van der Waals surface area (Å²) in [4.78, 5) is 24.4. The number of carboxylic acids is 1. The van der Waals surface area contributed by atoms with Crippen LogP contribution in [-0.2, 0) is 9.59 Å². The Kier molecular flexibility index (Phi) is 6.22. The van der Waals surface area contributed by atoms with Gasteiger partial charge in [0.2, 0.25) is 0 Å². The topological polar surface area (TPSA) is 78.9 Å². The summed E-state index contributed by atoms with van der Waals surface area (Å²) in [5.74, 6) is -0.221. The highest BCUT2D eigenvalue weighted by molar-refractivity contribution is 8.26. The second kappa shape index (κ2) is 8.16. The summed E-state index contributed by atoms with van der Waals surface area (Å²) in [7, 11) is 3.15. The molecule has 1 aliphatic rings. The van der Waals surface area contributed by atoms with Crippen molar-refractivity contribution in [2.45, 2.75) is 12.8 Å². The average molecular weight is 366 g/mol. The average Bonchev–Trinajstić information content (AvgIpc) is 2.79. The highest BCUT2D eigenvalue weighted by Gasteiger charge is 2.28. The Labute approximate surface area is 149 Å². The number of hydrogen-bond acceptors (Lipinski definition) is 7. The number of likely N-dealkylation sites (N-methyl/N-ethyl adjacent to an activating group) is 1. The first kappa shape index (κ1) is 18.3. The van der Waals surface area contributed by atoms with Gasteiger partial charge in [-0.3, -0.25) is 9.69 Å². The molecule has 1 amide bonds. The predicted octanol–water partition coefficient (Wildman–Crippen LogP) is 1.44. The standard InChI is InChI=1S/C16H17NO5S2/c1-17-15(20)13(24-16(17)23)9-10-5-6-11(12(8-10)21-2)22-7-3-4-14(18)19/h5-6,8-9H,3-4,7H2,1-2H3,(H,18,19)/p-1/b13-9+. The van der Waals surface area contributed by atoms with Crippen LogP contribution in [0.2, 0.25) is 0 Å². The first-order chi connectivity index (χ1) is 11.4. The molecule has 0 aliphatic carbocycles. The number of amides is 1. The van der Waals surface area contributed by atoms with Crippen LogP contribution in [0.3, 0.4) is 0 Å². The van der Waals surface area contributed by atoms with Crippen LogP contribution in [0.15, 0.2) is 23.1 Å². The molecule has 1 aromatic carbocycles. The molecule has 6 nitrogen and oxygen atoms in total. The smallest absolute Gasteiger partial charge is 0.265 e. The van der Waals surface area contributed by atoms with Crippen molar-refractivity contribution < 1.29 is 24.2 Å². The van der Waals surface area contributed by atoms with E-state index in [1.807, 2.05) is 0 Å². The van der Waals surface area contributed by atoms with E-state index in [2.05, 4.69) is 0 Å². The summed E-state index contributed by atoms with van der Waals surface area (Å²) >= 11 is 6.34.